The average molecular weight is 1440 g/mol. The predicted molar refractivity (Wildman–Crippen MR) is 419 cm³/mol. The summed E-state index contributed by atoms with van der Waals surface area (Å²) in [4.78, 5) is 96.9. The molecule has 9 rings (SSSR count). The second kappa shape index (κ2) is 48.0. The number of nitrogens with one attached hydrogen (secondary N) is 1. The molecule has 0 aliphatic carbocycles. The molecule has 6 N–H and O–H groups in total. The molecule has 17 heteroatoms. The van der Waals surface area contributed by atoms with Crippen LogP contribution in [0.25, 0.3) is 0 Å². The lowest BCUT2D eigenvalue weighted by molar-refractivity contribution is -0.138. The third kappa shape index (κ3) is 38.1. The van der Waals surface area contributed by atoms with Crippen molar-refractivity contribution in [3.05, 3.63) is 154 Å². The maximum absolute atomic E-state index is 12.2. The number of carboxylic acid groups (broad SMARTS) is 1. The van der Waals surface area contributed by atoms with Gasteiger partial charge in [-0.15, -0.1) is 0 Å². The van der Waals surface area contributed by atoms with E-state index >= 15 is 0 Å². The molecule has 5 fully saturated rings. The fraction of sp³-hybridized carbons (Fsp3) is 0.609. The van der Waals surface area contributed by atoms with Crippen molar-refractivity contribution in [2.45, 2.75) is 220 Å². The minimum Gasteiger partial charge on any atom is -0.481 e. The van der Waals surface area contributed by atoms with E-state index in [1.807, 2.05) is 33.4 Å². The summed E-state index contributed by atoms with van der Waals surface area (Å²) in [5.41, 5.74) is 15.7. The zero-order valence-electron chi connectivity index (χ0n) is 66.5. The number of amides is 5. The topological polar surface area (TPSA) is 248 Å². The summed E-state index contributed by atoms with van der Waals surface area (Å²) in [5, 5.41) is 29.6. The highest BCUT2D eigenvalue weighted by atomic mass is 16.4. The molecule has 5 amide bonds. The predicted octanol–water partition coefficient (Wildman–Crippen LogP) is 14.9. The van der Waals surface area contributed by atoms with Gasteiger partial charge in [0.05, 0.1) is 0 Å². The minimum absolute atomic E-state index is 0.0183. The van der Waals surface area contributed by atoms with E-state index in [1.54, 1.807) is 0 Å². The number of nitrogens with two attached hydrogens (primary N) is 1. The molecular weight excluding hydrogens is 1300 g/mol. The average Bonchev–Trinajstić information content (AvgIpc) is 1.73. The number of rotatable bonds is 28. The Morgan fingerprint density at radius 1 is 0.481 bits per heavy atom. The van der Waals surface area contributed by atoms with Gasteiger partial charge in [0.25, 0.3) is 0 Å². The highest BCUT2D eigenvalue weighted by Gasteiger charge is 2.33. The molecule has 0 spiro atoms. The summed E-state index contributed by atoms with van der Waals surface area (Å²) in [5.74, 6) is 6.62. The van der Waals surface area contributed by atoms with E-state index in [0.717, 1.165) is 93.2 Å². The van der Waals surface area contributed by atoms with Gasteiger partial charge >= 0.3 is 5.97 Å². The number of hydrogen-bond donors (Lipinski definition) is 5. The zero-order chi connectivity index (χ0) is 77.8. The van der Waals surface area contributed by atoms with Crippen molar-refractivity contribution in [3.8, 4) is 0 Å². The van der Waals surface area contributed by atoms with Gasteiger partial charge < -0.3 is 46.0 Å². The molecule has 17 nitrogen and oxygen atoms in total. The van der Waals surface area contributed by atoms with Crippen LogP contribution in [0.1, 0.15) is 211 Å². The minimum atomic E-state index is -0.739. The summed E-state index contributed by atoms with van der Waals surface area (Å²) >= 11 is 0. The molecule has 0 aromatic heterocycles. The Kier molecular flexibility index (Phi) is 41.9. The molecule has 5 saturated heterocycles. The normalized spacial score (nSPS) is 19.4. The molecular formula is C87H134N6O11. The Bertz CT molecular complexity index is 3160. The van der Waals surface area contributed by atoms with E-state index in [0.29, 0.717) is 99.0 Å². The zero-order valence-corrected chi connectivity index (χ0v) is 66.5. The number of aliphatic carboxylic acids is 1. The van der Waals surface area contributed by atoms with Gasteiger partial charge in [0, 0.05) is 129 Å². The van der Waals surface area contributed by atoms with E-state index in [2.05, 4.69) is 192 Å². The molecule has 5 aliphatic rings. The van der Waals surface area contributed by atoms with Crippen LogP contribution < -0.4 is 11.1 Å². The van der Waals surface area contributed by atoms with Crippen molar-refractivity contribution >= 4 is 47.1 Å². The molecule has 9 unspecified atom stereocenters. The van der Waals surface area contributed by atoms with Crippen molar-refractivity contribution in [3.63, 3.8) is 0 Å². The number of carbonyl (C=O) groups is 8. The molecule has 5 aliphatic heterocycles. The van der Waals surface area contributed by atoms with Crippen LogP contribution in [0.5, 0.6) is 0 Å². The van der Waals surface area contributed by atoms with Gasteiger partial charge in [0.2, 0.25) is 29.5 Å². The lowest BCUT2D eigenvalue weighted by Crippen LogP contribution is -2.24. The molecule has 4 aromatic rings. The third-order valence-corrected chi connectivity index (χ3v) is 19.4. The first-order chi connectivity index (χ1) is 49.0. The second-order valence-corrected chi connectivity index (χ2v) is 32.4. The number of Topliss-reactive ketones (excluding diaryl/α,β-unsaturated/α-hetero) is 2. The van der Waals surface area contributed by atoms with Gasteiger partial charge in [-0.2, -0.15) is 0 Å². The lowest BCUT2D eigenvalue weighted by atomic mass is 9.88. The maximum atomic E-state index is 12.2. The first-order valence-electron chi connectivity index (χ1n) is 38.4. The number of aryl methyl sites for hydroxylation is 4. The molecule has 9 atom stereocenters. The number of ketones is 2. The van der Waals surface area contributed by atoms with Crippen molar-refractivity contribution in [1.82, 2.24) is 24.9 Å². The van der Waals surface area contributed by atoms with Gasteiger partial charge in [-0.25, -0.2) is 0 Å². The molecule has 104 heavy (non-hydrogen) atoms. The summed E-state index contributed by atoms with van der Waals surface area (Å²) in [6.45, 7) is 44.6. The highest BCUT2D eigenvalue weighted by molar-refractivity contribution is 5.97. The van der Waals surface area contributed by atoms with Crippen molar-refractivity contribution in [2.75, 3.05) is 52.5 Å². The monoisotopic (exact) mass is 1440 g/mol. The first-order valence-corrected chi connectivity index (χ1v) is 38.4. The number of carboxylic acids is 1. The number of likely N-dealkylation sites (tertiary alicyclic amines) is 4. The van der Waals surface area contributed by atoms with Gasteiger partial charge in [-0.3, -0.25) is 38.4 Å². The van der Waals surface area contributed by atoms with Crippen LogP contribution in [0.2, 0.25) is 0 Å². The van der Waals surface area contributed by atoms with Crippen LogP contribution in [-0.4, -0.2) is 134 Å². The maximum Gasteiger partial charge on any atom is 0.303 e. The van der Waals surface area contributed by atoms with E-state index in [-0.39, 0.29) is 73.1 Å². The highest BCUT2D eigenvalue weighted by Crippen LogP contribution is 2.30. The quantitative estimate of drug-likeness (QED) is 0.0333. The standard InChI is InChI=1S/C19H29NO.2C13H17NO2.C13H17NO.C11H23NO2.C11H21NO.C7H10O2/c1-14(2)9-16(4)10-18-11-19(21)20(13-18)12-17-7-5-15(3)6-8-17;2*1-10-2-4-11(5-3-10)7-14-8-12(9-15)6-13(14)16;1-10-3-5-12(6-4-10)9-14-8-11(2)7-13(14)15;1-8(2)4-9(3)5-10(7-12)6-11(13)14;1-8(2)4-9(3)5-10-6-11(13)12-7-10;1-5(7(3)9)4-6(2)8/h5-8,14,16,18H,9-13H2,1-4H3;2*2-5,12,15H,6-9H2,1H3;3-6,11H,7-9H2,1-2H3;8-10H,4-7,12H2,1-3H3,(H,13,14);8-10H,4-7H2,1-3H3,(H,12,13);1,4H2,2-3H3. The first kappa shape index (κ1) is 90.9. The van der Waals surface area contributed by atoms with Crippen LogP contribution in [-0.2, 0) is 64.5 Å². The van der Waals surface area contributed by atoms with Gasteiger partial charge in [0.1, 0.15) is 5.78 Å². The number of hydrogen-bond acceptors (Lipinski definition) is 11. The lowest BCUT2D eigenvalue weighted by Gasteiger charge is -2.19. The molecule has 0 radical (unpaired) electrons. The van der Waals surface area contributed by atoms with Crippen LogP contribution in [0.3, 0.4) is 0 Å². The molecule has 578 valence electrons. The molecule has 0 saturated carbocycles. The Balaban J connectivity index is 0.000000319. The van der Waals surface area contributed by atoms with Crippen molar-refractivity contribution in [2.24, 2.45) is 76.7 Å². The smallest absolute Gasteiger partial charge is 0.303 e. The number of allylic oxidation sites excluding steroid dienone is 1. The Morgan fingerprint density at radius 2 is 0.808 bits per heavy atom. The summed E-state index contributed by atoms with van der Waals surface area (Å²) in [6.07, 6.45) is 10.6. The molecule has 4 aromatic carbocycles. The molecule has 5 heterocycles. The largest absolute Gasteiger partial charge is 0.481 e. The summed E-state index contributed by atoms with van der Waals surface area (Å²) in [6, 6.07) is 33.3. The SMILES string of the molecule is C=C(CC(C)=O)C(C)=O.CC(C)CC(C)CC(CN)CC(=O)O.CC(C)CC(C)CC1CNC(=O)C1.Cc1ccc(CN2CC(C)CC2=O)cc1.Cc1ccc(CN2CC(CC(C)CC(C)C)CC2=O)cc1.Cc1ccc(CN2CC(CO)CC2=O)cc1.Cc1ccc(CN2CC(CO)CC2=O)cc1. The van der Waals surface area contributed by atoms with Crippen molar-refractivity contribution in [1.29, 1.82) is 0 Å². The number of benzene rings is 4. The van der Waals surface area contributed by atoms with Crippen LogP contribution in [0, 0.1) is 98.7 Å². The second-order valence-electron chi connectivity index (χ2n) is 32.4. The van der Waals surface area contributed by atoms with Gasteiger partial charge in [0.15, 0.2) is 5.78 Å². The van der Waals surface area contributed by atoms with Gasteiger partial charge in [-0.05, 0) is 174 Å². The Hall–Kier alpha value is -7.34. The number of nitrogens with zero attached hydrogens (tertiary/aromatic N) is 4. The van der Waals surface area contributed by atoms with E-state index < -0.39 is 5.97 Å². The summed E-state index contributed by atoms with van der Waals surface area (Å²) < 4.78 is 0. The van der Waals surface area contributed by atoms with Crippen molar-refractivity contribution < 1.29 is 53.7 Å². The number of aliphatic hydroxyl groups excluding tert-OH is 2. The third-order valence-electron chi connectivity index (χ3n) is 19.4. The van der Waals surface area contributed by atoms with Crippen LogP contribution >= 0.6 is 0 Å². The number of aliphatic hydroxyl groups is 2. The Labute approximate surface area is 626 Å². The fourth-order valence-electron chi connectivity index (χ4n) is 14.4. The van der Waals surface area contributed by atoms with E-state index in [9.17, 15) is 38.4 Å². The van der Waals surface area contributed by atoms with Gasteiger partial charge in [-0.1, -0.05) is 195 Å². The van der Waals surface area contributed by atoms with Crippen LogP contribution in [0.15, 0.2) is 109 Å². The summed E-state index contributed by atoms with van der Waals surface area (Å²) in [7, 11) is 0. The number of carbonyl (C=O) groups excluding carboxylic acids is 7. The fourth-order valence-corrected chi connectivity index (χ4v) is 14.4. The Morgan fingerprint density at radius 3 is 1.08 bits per heavy atom. The van der Waals surface area contributed by atoms with Crippen LogP contribution in [0.4, 0.5) is 0 Å². The van der Waals surface area contributed by atoms with E-state index in [4.69, 9.17) is 21.1 Å². The molecule has 0 bridgehead atoms. The van der Waals surface area contributed by atoms with E-state index in [1.165, 1.54) is 72.9 Å².